The summed E-state index contributed by atoms with van der Waals surface area (Å²) in [5.41, 5.74) is 9.65. The van der Waals surface area contributed by atoms with Gasteiger partial charge in [-0.3, -0.25) is 4.79 Å². The number of carbonyl (C=O) groups is 1. The Bertz CT molecular complexity index is 1090. The lowest BCUT2D eigenvalue weighted by molar-refractivity contribution is 0.0995. The molecule has 25 heavy (non-hydrogen) atoms. The lowest BCUT2D eigenvalue weighted by Crippen LogP contribution is -2.12. The number of benzene rings is 3. The van der Waals surface area contributed by atoms with Crippen molar-refractivity contribution in [2.75, 3.05) is 0 Å². The third-order valence-electron chi connectivity index (χ3n) is 4.33. The Labute approximate surface area is 145 Å². The van der Waals surface area contributed by atoms with Gasteiger partial charge in [-0.1, -0.05) is 54.6 Å². The summed E-state index contributed by atoms with van der Waals surface area (Å²) in [5, 5.41) is 6.73. The summed E-state index contributed by atoms with van der Waals surface area (Å²) < 4.78 is 1.74. The van der Waals surface area contributed by atoms with Gasteiger partial charge in [0, 0.05) is 5.69 Å². The van der Waals surface area contributed by atoms with Crippen molar-refractivity contribution < 1.29 is 4.79 Å². The van der Waals surface area contributed by atoms with Crippen LogP contribution in [0.1, 0.15) is 16.2 Å². The second-order valence-corrected chi connectivity index (χ2v) is 6.02. The molecule has 4 nitrogen and oxygen atoms in total. The molecule has 0 bridgehead atoms. The Hall–Kier alpha value is -3.40. The number of primary amides is 1. The van der Waals surface area contributed by atoms with E-state index in [0.717, 1.165) is 16.9 Å². The first-order valence-corrected chi connectivity index (χ1v) is 8.08. The fourth-order valence-electron chi connectivity index (χ4n) is 3.14. The molecule has 0 aliphatic carbocycles. The third kappa shape index (κ3) is 2.68. The molecule has 0 atom stereocenters. The Morgan fingerprint density at radius 3 is 2.52 bits per heavy atom. The second kappa shape index (κ2) is 5.91. The van der Waals surface area contributed by atoms with E-state index in [-0.39, 0.29) is 5.69 Å². The van der Waals surface area contributed by atoms with Gasteiger partial charge in [-0.15, -0.1) is 0 Å². The number of fused-ring (bicyclic) bond motifs is 1. The number of hydrogen-bond acceptors (Lipinski definition) is 2. The largest absolute Gasteiger partial charge is 0.364 e. The molecule has 0 fully saturated rings. The van der Waals surface area contributed by atoms with Crippen molar-refractivity contribution in [1.82, 2.24) is 9.78 Å². The lowest BCUT2D eigenvalue weighted by atomic mass is 9.98. The Morgan fingerprint density at radius 2 is 1.72 bits per heavy atom. The Morgan fingerprint density at radius 1 is 0.960 bits per heavy atom. The highest BCUT2D eigenvalue weighted by atomic mass is 16.1. The molecule has 0 radical (unpaired) electrons. The van der Waals surface area contributed by atoms with E-state index in [9.17, 15) is 4.79 Å². The van der Waals surface area contributed by atoms with E-state index >= 15 is 0 Å². The molecule has 4 heteroatoms. The number of nitrogens with two attached hydrogens (primary N) is 1. The van der Waals surface area contributed by atoms with Gasteiger partial charge < -0.3 is 5.73 Å². The predicted molar refractivity (Wildman–Crippen MR) is 99.8 cm³/mol. The fraction of sp³-hybridized carbons (Fsp3) is 0.0476. The van der Waals surface area contributed by atoms with E-state index < -0.39 is 5.91 Å². The van der Waals surface area contributed by atoms with Gasteiger partial charge in [-0.25, -0.2) is 4.68 Å². The van der Waals surface area contributed by atoms with Crippen molar-refractivity contribution in [1.29, 1.82) is 0 Å². The van der Waals surface area contributed by atoms with E-state index in [2.05, 4.69) is 47.6 Å². The van der Waals surface area contributed by atoms with Crippen LogP contribution in [-0.4, -0.2) is 15.7 Å². The molecule has 0 aliphatic heterocycles. The number of nitrogens with zero attached hydrogens (tertiary/aromatic N) is 2. The van der Waals surface area contributed by atoms with Crippen LogP contribution in [0.2, 0.25) is 0 Å². The van der Waals surface area contributed by atoms with E-state index in [0.29, 0.717) is 0 Å². The maximum Gasteiger partial charge on any atom is 0.269 e. The minimum Gasteiger partial charge on any atom is -0.364 e. The summed E-state index contributed by atoms with van der Waals surface area (Å²) in [4.78, 5) is 11.4. The topological polar surface area (TPSA) is 60.9 Å². The van der Waals surface area contributed by atoms with Crippen LogP contribution in [0.5, 0.6) is 0 Å². The molecule has 0 saturated heterocycles. The van der Waals surface area contributed by atoms with Gasteiger partial charge in [-0.2, -0.15) is 5.10 Å². The van der Waals surface area contributed by atoms with Gasteiger partial charge in [0.15, 0.2) is 5.69 Å². The molecular weight excluding hydrogens is 310 g/mol. The van der Waals surface area contributed by atoms with Crippen molar-refractivity contribution in [3.05, 3.63) is 84.2 Å². The summed E-state index contributed by atoms with van der Waals surface area (Å²) in [6.45, 7) is 1.91. The molecule has 1 aromatic heterocycles. The van der Waals surface area contributed by atoms with Crippen molar-refractivity contribution in [3.63, 3.8) is 0 Å². The summed E-state index contributed by atoms with van der Waals surface area (Å²) in [5.74, 6) is -0.521. The molecule has 4 aromatic rings. The van der Waals surface area contributed by atoms with Crippen LogP contribution < -0.4 is 5.73 Å². The monoisotopic (exact) mass is 327 g/mol. The summed E-state index contributed by atoms with van der Waals surface area (Å²) >= 11 is 0. The maximum atomic E-state index is 11.4. The molecule has 4 rings (SSSR count). The molecule has 122 valence electrons. The smallest absolute Gasteiger partial charge is 0.269 e. The molecular formula is C21H17N3O. The average molecular weight is 327 g/mol. The normalized spacial score (nSPS) is 10.9. The standard InChI is InChI=1S/C21H17N3O/c1-14-12-20(21(22)25)23-24(14)17-9-4-8-16(13-17)19-11-5-7-15-6-2-3-10-18(15)19/h2-13H,1H3,(H2,22,25). The first-order valence-electron chi connectivity index (χ1n) is 8.08. The van der Waals surface area contributed by atoms with Crippen LogP contribution in [0.3, 0.4) is 0 Å². The van der Waals surface area contributed by atoms with Crippen LogP contribution >= 0.6 is 0 Å². The third-order valence-corrected chi connectivity index (χ3v) is 4.33. The number of amides is 1. The SMILES string of the molecule is Cc1cc(C(N)=O)nn1-c1cccc(-c2cccc3ccccc23)c1. The molecule has 0 saturated carbocycles. The zero-order chi connectivity index (χ0) is 17.4. The lowest BCUT2D eigenvalue weighted by Gasteiger charge is -2.10. The van der Waals surface area contributed by atoms with Gasteiger partial charge >= 0.3 is 0 Å². The van der Waals surface area contributed by atoms with Crippen molar-refractivity contribution >= 4 is 16.7 Å². The zero-order valence-electron chi connectivity index (χ0n) is 13.8. The highest BCUT2D eigenvalue weighted by molar-refractivity contribution is 5.96. The molecule has 1 heterocycles. The van der Waals surface area contributed by atoms with Crippen LogP contribution in [-0.2, 0) is 0 Å². The molecule has 3 aromatic carbocycles. The Kier molecular flexibility index (Phi) is 3.58. The van der Waals surface area contributed by atoms with Gasteiger partial charge in [0.1, 0.15) is 0 Å². The average Bonchev–Trinajstić information content (AvgIpc) is 3.03. The molecule has 0 aliphatic rings. The minimum absolute atomic E-state index is 0.271. The summed E-state index contributed by atoms with van der Waals surface area (Å²) in [6.07, 6.45) is 0. The van der Waals surface area contributed by atoms with Crippen molar-refractivity contribution in [2.24, 2.45) is 5.73 Å². The van der Waals surface area contributed by atoms with E-state index in [1.807, 2.05) is 31.2 Å². The van der Waals surface area contributed by atoms with E-state index in [4.69, 9.17) is 5.73 Å². The number of aryl methyl sites for hydroxylation is 1. The van der Waals surface area contributed by atoms with Crippen LogP contribution in [0.15, 0.2) is 72.8 Å². The number of rotatable bonds is 3. The molecule has 2 N–H and O–H groups in total. The van der Waals surface area contributed by atoms with Crippen LogP contribution in [0.25, 0.3) is 27.6 Å². The minimum atomic E-state index is -0.521. The molecule has 0 unspecified atom stereocenters. The highest BCUT2D eigenvalue weighted by Gasteiger charge is 2.11. The maximum absolute atomic E-state index is 11.4. The van der Waals surface area contributed by atoms with Crippen LogP contribution in [0, 0.1) is 6.92 Å². The quantitative estimate of drug-likeness (QED) is 0.616. The Balaban J connectivity index is 1.86. The first-order chi connectivity index (χ1) is 12.1. The van der Waals surface area contributed by atoms with Crippen LogP contribution in [0.4, 0.5) is 0 Å². The molecule has 0 spiro atoms. The van der Waals surface area contributed by atoms with Gasteiger partial charge in [0.05, 0.1) is 5.69 Å². The number of aromatic nitrogens is 2. The number of hydrogen-bond donors (Lipinski definition) is 1. The van der Waals surface area contributed by atoms with Gasteiger partial charge in [0.2, 0.25) is 0 Å². The van der Waals surface area contributed by atoms with Gasteiger partial charge in [0.25, 0.3) is 5.91 Å². The predicted octanol–water partition coefficient (Wildman–Crippen LogP) is 4.10. The first kappa shape index (κ1) is 15.1. The zero-order valence-corrected chi connectivity index (χ0v) is 13.8. The molecule has 1 amide bonds. The number of carbonyl (C=O) groups excluding carboxylic acids is 1. The second-order valence-electron chi connectivity index (χ2n) is 6.02. The van der Waals surface area contributed by atoms with Crippen molar-refractivity contribution in [3.8, 4) is 16.8 Å². The summed E-state index contributed by atoms with van der Waals surface area (Å²) in [6, 6.07) is 24.4. The summed E-state index contributed by atoms with van der Waals surface area (Å²) in [7, 11) is 0. The van der Waals surface area contributed by atoms with Crippen molar-refractivity contribution in [2.45, 2.75) is 6.92 Å². The fourth-order valence-corrected chi connectivity index (χ4v) is 3.14. The van der Waals surface area contributed by atoms with E-state index in [1.54, 1.807) is 10.7 Å². The van der Waals surface area contributed by atoms with E-state index in [1.165, 1.54) is 16.3 Å². The highest BCUT2D eigenvalue weighted by Crippen LogP contribution is 2.29. The van der Waals surface area contributed by atoms with Gasteiger partial charge in [-0.05, 0) is 47.0 Å².